The number of halogens is 1. The molecule has 1 amide bonds. The molecule has 9 heteroatoms. The molecule has 1 atom stereocenters. The van der Waals surface area contributed by atoms with Crippen molar-refractivity contribution in [1.82, 2.24) is 15.0 Å². The zero-order valence-electron chi connectivity index (χ0n) is 24.8. The topological polar surface area (TPSA) is 101 Å². The van der Waals surface area contributed by atoms with Crippen LogP contribution in [0.15, 0.2) is 102 Å². The van der Waals surface area contributed by atoms with Crippen molar-refractivity contribution in [1.29, 1.82) is 5.26 Å². The number of carbonyl (C=O) groups is 1. The molecule has 4 aromatic carbocycles. The first kappa shape index (κ1) is 27.9. The predicted molar refractivity (Wildman–Crippen MR) is 178 cm³/mol. The lowest BCUT2D eigenvalue weighted by molar-refractivity contribution is -0.126. The summed E-state index contributed by atoms with van der Waals surface area (Å²) in [6.07, 6.45) is 0.298. The highest BCUT2D eigenvalue weighted by molar-refractivity contribution is 9.10. The van der Waals surface area contributed by atoms with Gasteiger partial charge in [0.25, 0.3) is 0 Å². The molecule has 2 aliphatic rings. The van der Waals surface area contributed by atoms with E-state index in [2.05, 4.69) is 39.1 Å². The van der Waals surface area contributed by atoms with E-state index in [9.17, 15) is 10.1 Å². The van der Waals surface area contributed by atoms with Crippen molar-refractivity contribution in [3.05, 3.63) is 118 Å². The van der Waals surface area contributed by atoms with Gasteiger partial charge < -0.3 is 9.47 Å². The number of aromatic nitrogens is 3. The van der Waals surface area contributed by atoms with Crippen molar-refractivity contribution in [2.45, 2.75) is 12.0 Å². The van der Waals surface area contributed by atoms with Crippen LogP contribution < -0.4 is 14.4 Å². The third-order valence-electron chi connectivity index (χ3n) is 8.80. The van der Waals surface area contributed by atoms with Gasteiger partial charge >= 0.3 is 0 Å². The number of hydrogen-bond donors (Lipinski definition) is 0. The van der Waals surface area contributed by atoms with E-state index in [0.29, 0.717) is 23.2 Å². The lowest BCUT2D eigenvalue weighted by Crippen LogP contribution is -2.61. The Morgan fingerprint density at radius 1 is 0.826 bits per heavy atom. The highest BCUT2D eigenvalue weighted by Gasteiger charge is 2.60. The molecule has 1 saturated heterocycles. The van der Waals surface area contributed by atoms with Gasteiger partial charge in [-0.2, -0.15) is 5.26 Å². The van der Waals surface area contributed by atoms with Crippen molar-refractivity contribution in [3.8, 4) is 51.3 Å². The van der Waals surface area contributed by atoms with Crippen LogP contribution in [0.1, 0.15) is 23.2 Å². The number of ether oxygens (including phenoxy) is 2. The van der Waals surface area contributed by atoms with Gasteiger partial charge in [-0.1, -0.05) is 64.5 Å². The summed E-state index contributed by atoms with van der Waals surface area (Å²) >= 11 is 3.56. The van der Waals surface area contributed by atoms with E-state index in [-0.39, 0.29) is 11.8 Å². The Bertz CT molecular complexity index is 2260. The number of pyridine rings is 1. The average Bonchev–Trinajstić information content (AvgIpc) is 3.37. The standard InChI is InChI=1S/C37H24BrN5O3/c1-45-25-14-9-21(10-15-25)27-18-31(42-36(46-2)28(27)20-39)22-7-12-24(13-8-22)43-33(44)19-37(43)29-6-4-3-5-26(29)34-35(37)41-32-17-23(38)11-16-30(32)40-34/h3-18H,19H2,1-2H3. The van der Waals surface area contributed by atoms with Gasteiger partial charge in [0, 0.05) is 26.9 Å². The zero-order valence-corrected chi connectivity index (χ0v) is 26.4. The fourth-order valence-corrected chi connectivity index (χ4v) is 7.00. The molecule has 3 heterocycles. The molecule has 6 aromatic rings. The van der Waals surface area contributed by atoms with Gasteiger partial charge in [0.2, 0.25) is 11.8 Å². The molecule has 1 aliphatic carbocycles. The van der Waals surface area contributed by atoms with Crippen LogP contribution in [0.25, 0.3) is 44.7 Å². The second-order valence-corrected chi connectivity index (χ2v) is 12.1. The van der Waals surface area contributed by atoms with Crippen LogP contribution in [0.5, 0.6) is 11.6 Å². The van der Waals surface area contributed by atoms with Crippen LogP contribution in [-0.4, -0.2) is 35.1 Å². The van der Waals surface area contributed by atoms with Crippen LogP contribution in [0.3, 0.4) is 0 Å². The summed E-state index contributed by atoms with van der Waals surface area (Å²) in [7, 11) is 3.12. The van der Waals surface area contributed by atoms with Gasteiger partial charge in [-0.15, -0.1) is 0 Å². The maximum Gasteiger partial charge on any atom is 0.232 e. The number of hydrogen-bond acceptors (Lipinski definition) is 7. The van der Waals surface area contributed by atoms with Crippen LogP contribution in [0, 0.1) is 11.3 Å². The van der Waals surface area contributed by atoms with E-state index in [0.717, 1.165) is 60.6 Å². The first-order valence-electron chi connectivity index (χ1n) is 14.6. The van der Waals surface area contributed by atoms with Gasteiger partial charge in [-0.05, 0) is 59.7 Å². The van der Waals surface area contributed by atoms with Crippen LogP contribution in [0.2, 0.25) is 0 Å². The molecule has 8 nitrogen and oxygen atoms in total. The maximum absolute atomic E-state index is 13.5. The summed E-state index contributed by atoms with van der Waals surface area (Å²) in [6, 6.07) is 33.3. The monoisotopic (exact) mass is 665 g/mol. The van der Waals surface area contributed by atoms with Crippen LogP contribution >= 0.6 is 15.9 Å². The molecule has 1 aliphatic heterocycles. The van der Waals surface area contributed by atoms with Gasteiger partial charge in [0.05, 0.1) is 48.8 Å². The number of amides is 1. The number of fused-ring (bicyclic) bond motifs is 6. The van der Waals surface area contributed by atoms with E-state index in [4.69, 9.17) is 19.4 Å². The Morgan fingerprint density at radius 3 is 2.30 bits per heavy atom. The third-order valence-corrected chi connectivity index (χ3v) is 9.29. The number of β-lactam (4-membered cyclic amide) rings is 1. The van der Waals surface area contributed by atoms with E-state index in [1.165, 1.54) is 7.11 Å². The number of rotatable bonds is 5. The first-order chi connectivity index (χ1) is 22.4. The highest BCUT2D eigenvalue weighted by atomic mass is 79.9. The van der Waals surface area contributed by atoms with Crippen LogP contribution in [0.4, 0.5) is 5.69 Å². The number of carbonyl (C=O) groups excluding carboxylic acids is 1. The first-order valence-corrected chi connectivity index (χ1v) is 15.4. The molecule has 222 valence electrons. The molecule has 0 bridgehead atoms. The van der Waals surface area contributed by atoms with Crippen molar-refractivity contribution < 1.29 is 14.3 Å². The Labute approximate surface area is 273 Å². The zero-order chi connectivity index (χ0) is 31.6. The molecular weight excluding hydrogens is 642 g/mol. The molecule has 0 N–H and O–H groups in total. The Kier molecular flexibility index (Phi) is 6.37. The van der Waals surface area contributed by atoms with Crippen molar-refractivity contribution in [2.24, 2.45) is 0 Å². The highest BCUT2D eigenvalue weighted by Crippen LogP contribution is 2.57. The number of nitriles is 1. The summed E-state index contributed by atoms with van der Waals surface area (Å²) in [5.41, 5.74) is 8.48. The molecule has 1 unspecified atom stereocenters. The molecule has 46 heavy (non-hydrogen) atoms. The number of benzene rings is 4. The summed E-state index contributed by atoms with van der Waals surface area (Å²) in [5.74, 6) is 0.965. The molecule has 2 aromatic heterocycles. The van der Waals surface area contributed by atoms with E-state index < -0.39 is 5.54 Å². The second kappa shape index (κ2) is 10.5. The fraction of sp³-hybridized carbons (Fsp3) is 0.108. The minimum absolute atomic E-state index is 0.00602. The molecule has 1 fully saturated rings. The average molecular weight is 667 g/mol. The molecule has 1 spiro atoms. The van der Waals surface area contributed by atoms with Crippen LogP contribution in [-0.2, 0) is 10.3 Å². The van der Waals surface area contributed by atoms with Gasteiger partial charge in [-0.25, -0.2) is 15.0 Å². The van der Waals surface area contributed by atoms with E-state index in [1.807, 2.05) is 89.8 Å². The molecule has 0 saturated carbocycles. The number of methoxy groups -OCH3 is 2. The Morgan fingerprint density at radius 2 is 1.59 bits per heavy atom. The molecule has 8 rings (SSSR count). The number of anilines is 1. The maximum atomic E-state index is 13.5. The van der Waals surface area contributed by atoms with Crippen molar-refractivity contribution in [2.75, 3.05) is 19.1 Å². The minimum atomic E-state index is -0.758. The Hall–Kier alpha value is -5.59. The van der Waals surface area contributed by atoms with Gasteiger partial charge in [0.15, 0.2) is 0 Å². The number of nitrogens with zero attached hydrogens (tertiary/aromatic N) is 5. The fourth-order valence-electron chi connectivity index (χ4n) is 6.65. The lowest BCUT2D eigenvalue weighted by atomic mass is 9.77. The molecular formula is C37H24BrN5O3. The summed E-state index contributed by atoms with van der Waals surface area (Å²) in [4.78, 5) is 30.1. The van der Waals surface area contributed by atoms with Crippen molar-refractivity contribution >= 4 is 38.6 Å². The van der Waals surface area contributed by atoms with Gasteiger partial charge in [0.1, 0.15) is 22.9 Å². The van der Waals surface area contributed by atoms with Crippen molar-refractivity contribution in [3.63, 3.8) is 0 Å². The van der Waals surface area contributed by atoms with E-state index in [1.54, 1.807) is 7.11 Å². The Balaban J connectivity index is 1.22. The lowest BCUT2D eigenvalue weighted by Gasteiger charge is -2.50. The minimum Gasteiger partial charge on any atom is -0.497 e. The summed E-state index contributed by atoms with van der Waals surface area (Å²) in [5, 5.41) is 9.98. The predicted octanol–water partition coefficient (Wildman–Crippen LogP) is 7.67. The quantitative estimate of drug-likeness (QED) is 0.174. The summed E-state index contributed by atoms with van der Waals surface area (Å²) < 4.78 is 11.8. The smallest absolute Gasteiger partial charge is 0.232 e. The second-order valence-electron chi connectivity index (χ2n) is 11.2. The van der Waals surface area contributed by atoms with E-state index >= 15 is 0 Å². The third kappa shape index (κ3) is 4.04. The summed E-state index contributed by atoms with van der Waals surface area (Å²) in [6.45, 7) is 0. The molecule has 0 radical (unpaired) electrons. The van der Waals surface area contributed by atoms with Gasteiger partial charge in [-0.3, -0.25) is 9.69 Å². The SMILES string of the molecule is COc1ccc(-c2cc(-c3ccc(N4C(=O)CC45c4ccccc4-c4nc6ccc(Br)cc6nc45)cc3)nc(OC)c2C#N)cc1. The normalized spacial score (nSPS) is 16.1. The largest absolute Gasteiger partial charge is 0.497 e.